The second kappa shape index (κ2) is 4.12. The van der Waals surface area contributed by atoms with Crippen LogP contribution in [0.1, 0.15) is 5.56 Å². The number of hydrogen-bond donors (Lipinski definition) is 0. The van der Waals surface area contributed by atoms with Crippen molar-refractivity contribution >= 4 is 28.6 Å². The van der Waals surface area contributed by atoms with E-state index in [1.807, 2.05) is 56.6 Å². The molecule has 102 valence electrons. The van der Waals surface area contributed by atoms with Crippen molar-refractivity contribution < 1.29 is 4.79 Å². The largest absolute Gasteiger partial charge is 0.419 e. The second-order valence-corrected chi connectivity index (χ2v) is 5.34. The third kappa shape index (κ3) is 1.65. The maximum absolute atomic E-state index is 12.5. The van der Waals surface area contributed by atoms with Gasteiger partial charge in [-0.3, -0.25) is 4.68 Å². The lowest BCUT2D eigenvalue weighted by Gasteiger charge is -1.97. The number of amides is 1. The fourth-order valence-corrected chi connectivity index (χ4v) is 2.94. The Kier molecular flexibility index (Phi) is 2.36. The van der Waals surface area contributed by atoms with Gasteiger partial charge >= 0.3 is 5.91 Å². The van der Waals surface area contributed by atoms with Crippen LogP contribution in [0.2, 0.25) is 0 Å². The van der Waals surface area contributed by atoms with Crippen LogP contribution >= 0.6 is 0 Å². The lowest BCUT2D eigenvalue weighted by Crippen LogP contribution is -2.33. The van der Waals surface area contributed by atoms with Crippen molar-refractivity contribution in [1.82, 2.24) is 14.4 Å². The number of aryl methyl sites for hydroxylation is 2. The maximum atomic E-state index is 12.5. The van der Waals surface area contributed by atoms with Crippen molar-refractivity contribution in [2.45, 2.75) is 6.92 Å². The fraction of sp³-hybridized carbons (Fsp3) is 0.118. The van der Waals surface area contributed by atoms with E-state index in [0.717, 1.165) is 32.7 Å². The van der Waals surface area contributed by atoms with Crippen molar-refractivity contribution in [2.24, 2.45) is 7.05 Å². The van der Waals surface area contributed by atoms with Crippen molar-refractivity contribution in [1.29, 1.82) is 0 Å². The van der Waals surface area contributed by atoms with Gasteiger partial charge in [0.05, 0.1) is 22.2 Å². The van der Waals surface area contributed by atoms with Gasteiger partial charge in [0.15, 0.2) is 0 Å². The van der Waals surface area contributed by atoms with Gasteiger partial charge in [-0.2, -0.15) is 5.10 Å². The van der Waals surface area contributed by atoms with E-state index in [1.54, 1.807) is 15.3 Å². The molecule has 0 atom stereocenters. The molecule has 0 saturated heterocycles. The summed E-state index contributed by atoms with van der Waals surface area (Å²) in [6.45, 7) is 2.02. The second-order valence-electron chi connectivity index (χ2n) is 5.34. The molecule has 0 spiro atoms. The first kappa shape index (κ1) is 12.0. The zero-order valence-corrected chi connectivity index (χ0v) is 11.9. The molecule has 1 aromatic heterocycles. The normalized spacial score (nSPS) is 13.6. The topological polar surface area (TPSA) is 37.9 Å². The molecule has 0 fully saturated rings. The van der Waals surface area contributed by atoms with E-state index in [9.17, 15) is 4.79 Å². The Hall–Kier alpha value is -2.75. The highest BCUT2D eigenvalue weighted by molar-refractivity contribution is 6.11. The minimum Gasteiger partial charge on any atom is -0.274 e. The molecule has 2 aromatic carbocycles. The van der Waals surface area contributed by atoms with Crippen LogP contribution in [-0.4, -0.2) is 15.7 Å². The van der Waals surface area contributed by atoms with Crippen molar-refractivity contribution in [3.63, 3.8) is 0 Å². The number of rotatable bonds is 1. The third-order valence-corrected chi connectivity index (χ3v) is 3.91. The Bertz CT molecular complexity index is 1030. The Labute approximate surface area is 121 Å². The van der Waals surface area contributed by atoms with Crippen molar-refractivity contribution in [3.8, 4) is 0 Å². The average molecular weight is 276 g/mol. The summed E-state index contributed by atoms with van der Waals surface area (Å²) in [6, 6.07) is 11.9. The monoisotopic (exact) mass is 276 g/mol. The van der Waals surface area contributed by atoms with Gasteiger partial charge in [0.1, 0.15) is 0 Å². The molecular weight excluding hydrogens is 262 g/mol. The fourth-order valence-electron chi connectivity index (χ4n) is 2.94. The third-order valence-electron chi connectivity index (χ3n) is 3.91. The van der Waals surface area contributed by atoms with Gasteiger partial charge in [-0.15, -0.1) is 4.58 Å². The van der Waals surface area contributed by atoms with Crippen LogP contribution in [0.15, 0.2) is 42.6 Å². The summed E-state index contributed by atoms with van der Waals surface area (Å²) in [5.74, 6) is -0.00402. The molecule has 0 aliphatic carbocycles. The first-order valence-electron chi connectivity index (χ1n) is 6.86. The average Bonchev–Trinajstić information content (AvgIpc) is 2.98. The molecule has 4 heteroatoms. The molecule has 2 heterocycles. The quantitative estimate of drug-likeness (QED) is 0.623. The Balaban J connectivity index is 2.17. The van der Waals surface area contributed by atoms with Crippen LogP contribution < -0.4 is 15.2 Å². The molecule has 0 saturated carbocycles. The molecule has 3 aromatic rings. The van der Waals surface area contributed by atoms with E-state index in [0.29, 0.717) is 0 Å². The van der Waals surface area contributed by atoms with Crippen LogP contribution in [-0.2, 0) is 11.8 Å². The summed E-state index contributed by atoms with van der Waals surface area (Å²) in [4.78, 5) is 12.5. The Morgan fingerprint density at radius 2 is 1.95 bits per heavy atom. The zero-order valence-electron chi connectivity index (χ0n) is 11.9. The van der Waals surface area contributed by atoms with Crippen LogP contribution in [0.4, 0.5) is 5.69 Å². The SMILES string of the molecule is Cc1cccc2c1=CC(=O)[N+]=2c1cccc2nn(C)cc12. The molecule has 4 nitrogen and oxygen atoms in total. The first-order chi connectivity index (χ1) is 10.1. The van der Waals surface area contributed by atoms with Gasteiger partial charge in [0.25, 0.3) is 0 Å². The predicted molar refractivity (Wildman–Crippen MR) is 81.5 cm³/mol. The summed E-state index contributed by atoms with van der Waals surface area (Å²) in [7, 11) is 1.89. The molecule has 21 heavy (non-hydrogen) atoms. The number of benzene rings is 2. The number of aromatic nitrogens is 2. The number of fused-ring (bicyclic) bond motifs is 2. The van der Waals surface area contributed by atoms with Gasteiger partial charge in [0, 0.05) is 25.4 Å². The van der Waals surface area contributed by atoms with Gasteiger partial charge in [-0.1, -0.05) is 18.2 Å². The molecule has 1 aliphatic rings. The summed E-state index contributed by atoms with van der Waals surface area (Å²) in [5.41, 5.74) is 2.89. The molecule has 0 N–H and O–H groups in total. The first-order valence-corrected chi connectivity index (χ1v) is 6.86. The lowest BCUT2D eigenvalue weighted by molar-refractivity contribution is -0.115. The standard InChI is InChI=1S/C17H14N3O/c1-11-5-3-7-15-12(11)9-17(21)20(15)16-8-4-6-14-13(16)10-19(2)18-14/h3-10H,1-2H3/q+1. The lowest BCUT2D eigenvalue weighted by atomic mass is 10.2. The van der Waals surface area contributed by atoms with E-state index in [-0.39, 0.29) is 5.91 Å². The predicted octanol–water partition coefficient (Wildman–Crippen LogP) is 1.03. The highest BCUT2D eigenvalue weighted by atomic mass is 16.2. The highest BCUT2D eigenvalue weighted by Gasteiger charge is 2.28. The molecule has 1 amide bonds. The van der Waals surface area contributed by atoms with E-state index < -0.39 is 0 Å². The summed E-state index contributed by atoms with van der Waals surface area (Å²) >= 11 is 0. The van der Waals surface area contributed by atoms with Gasteiger partial charge in [-0.25, -0.2) is 4.79 Å². The summed E-state index contributed by atoms with van der Waals surface area (Å²) < 4.78 is 3.54. The molecule has 4 rings (SSSR count). The minimum absolute atomic E-state index is 0.00402. The number of hydrogen-bond acceptors (Lipinski definition) is 2. The van der Waals surface area contributed by atoms with Crippen LogP contribution in [0, 0.1) is 6.92 Å². The van der Waals surface area contributed by atoms with E-state index in [4.69, 9.17) is 0 Å². The van der Waals surface area contributed by atoms with Gasteiger partial charge < -0.3 is 0 Å². The summed E-state index contributed by atoms with van der Waals surface area (Å²) in [5, 5.41) is 7.34. The maximum Gasteiger partial charge on any atom is 0.419 e. The Morgan fingerprint density at radius 3 is 2.81 bits per heavy atom. The van der Waals surface area contributed by atoms with E-state index in [2.05, 4.69) is 5.10 Å². The number of carbonyl (C=O) groups excluding carboxylic acids is 1. The zero-order chi connectivity index (χ0) is 14.6. The number of carbonyl (C=O) groups is 1. The molecule has 0 radical (unpaired) electrons. The van der Waals surface area contributed by atoms with Crippen LogP contribution in [0.5, 0.6) is 0 Å². The Morgan fingerprint density at radius 1 is 1.14 bits per heavy atom. The summed E-state index contributed by atoms with van der Waals surface area (Å²) in [6.07, 6.45) is 3.66. The highest BCUT2D eigenvalue weighted by Crippen LogP contribution is 2.23. The van der Waals surface area contributed by atoms with Gasteiger partial charge in [0.2, 0.25) is 11.0 Å². The van der Waals surface area contributed by atoms with Crippen LogP contribution in [0.25, 0.3) is 17.0 Å². The minimum atomic E-state index is -0.00402. The van der Waals surface area contributed by atoms with Crippen molar-refractivity contribution in [2.75, 3.05) is 0 Å². The number of nitrogens with zero attached hydrogens (tertiary/aromatic N) is 3. The van der Waals surface area contributed by atoms with Crippen LogP contribution in [0.3, 0.4) is 0 Å². The van der Waals surface area contributed by atoms with Crippen molar-refractivity contribution in [3.05, 3.63) is 58.7 Å². The molecular formula is C17H14N3O+. The molecule has 0 bridgehead atoms. The van der Waals surface area contributed by atoms with Gasteiger partial charge in [-0.05, 0) is 18.6 Å². The smallest absolute Gasteiger partial charge is 0.274 e. The molecule has 0 unspecified atom stereocenters. The van der Waals surface area contributed by atoms with E-state index in [1.165, 1.54) is 0 Å². The molecule has 1 aliphatic heterocycles. The van der Waals surface area contributed by atoms with E-state index >= 15 is 0 Å².